The van der Waals surface area contributed by atoms with Crippen LogP contribution in [0.15, 0.2) is 30.3 Å². The molecule has 1 aromatic rings. The third-order valence-electron chi connectivity index (χ3n) is 3.40. The van der Waals surface area contributed by atoms with Gasteiger partial charge in [0.05, 0.1) is 0 Å². The SMILES string of the molecule is C[C@@H]1CN(C(=O)OCc2ccccc2)CCN1C(=N)N. The van der Waals surface area contributed by atoms with E-state index in [0.717, 1.165) is 5.56 Å². The molecule has 0 saturated carbocycles. The average molecular weight is 276 g/mol. The summed E-state index contributed by atoms with van der Waals surface area (Å²) >= 11 is 0. The zero-order valence-electron chi connectivity index (χ0n) is 11.6. The van der Waals surface area contributed by atoms with Crippen molar-refractivity contribution in [3.05, 3.63) is 35.9 Å². The fraction of sp³-hybridized carbons (Fsp3) is 0.429. The first kappa shape index (κ1) is 14.2. The number of amides is 1. The zero-order valence-corrected chi connectivity index (χ0v) is 11.6. The first-order valence-electron chi connectivity index (χ1n) is 6.64. The summed E-state index contributed by atoms with van der Waals surface area (Å²) in [5.41, 5.74) is 6.46. The molecule has 1 saturated heterocycles. The van der Waals surface area contributed by atoms with Gasteiger partial charge < -0.3 is 20.3 Å². The Balaban J connectivity index is 1.84. The third-order valence-corrected chi connectivity index (χ3v) is 3.40. The Morgan fingerprint density at radius 1 is 1.40 bits per heavy atom. The molecule has 1 aromatic carbocycles. The van der Waals surface area contributed by atoms with E-state index in [9.17, 15) is 4.79 Å². The number of guanidine groups is 1. The predicted molar refractivity (Wildman–Crippen MR) is 76.3 cm³/mol. The maximum atomic E-state index is 12.0. The number of nitrogens with two attached hydrogens (primary N) is 1. The molecule has 0 spiro atoms. The molecule has 3 N–H and O–H groups in total. The summed E-state index contributed by atoms with van der Waals surface area (Å²) in [7, 11) is 0. The molecule has 1 heterocycles. The Kier molecular flexibility index (Phi) is 4.45. The number of nitrogens with zero attached hydrogens (tertiary/aromatic N) is 2. The smallest absolute Gasteiger partial charge is 0.410 e. The molecule has 0 aliphatic carbocycles. The Labute approximate surface area is 118 Å². The molecule has 20 heavy (non-hydrogen) atoms. The largest absolute Gasteiger partial charge is 0.445 e. The van der Waals surface area contributed by atoms with Crippen molar-refractivity contribution in [2.24, 2.45) is 5.73 Å². The molecule has 1 fully saturated rings. The normalized spacial score (nSPS) is 18.8. The lowest BCUT2D eigenvalue weighted by Crippen LogP contribution is -2.57. The van der Waals surface area contributed by atoms with Crippen LogP contribution in [0.25, 0.3) is 0 Å². The van der Waals surface area contributed by atoms with Crippen LogP contribution in [0.3, 0.4) is 0 Å². The highest BCUT2D eigenvalue weighted by atomic mass is 16.6. The quantitative estimate of drug-likeness (QED) is 0.628. The van der Waals surface area contributed by atoms with Crippen LogP contribution in [-0.4, -0.2) is 47.5 Å². The monoisotopic (exact) mass is 276 g/mol. The maximum Gasteiger partial charge on any atom is 0.410 e. The number of carbonyl (C=O) groups excluding carboxylic acids is 1. The van der Waals surface area contributed by atoms with Gasteiger partial charge in [-0.15, -0.1) is 0 Å². The molecule has 0 bridgehead atoms. The van der Waals surface area contributed by atoms with Crippen molar-refractivity contribution >= 4 is 12.1 Å². The van der Waals surface area contributed by atoms with E-state index in [1.165, 1.54) is 0 Å². The summed E-state index contributed by atoms with van der Waals surface area (Å²) in [6.45, 7) is 3.83. The van der Waals surface area contributed by atoms with Crippen LogP contribution < -0.4 is 5.73 Å². The van der Waals surface area contributed by atoms with Crippen LogP contribution in [0.5, 0.6) is 0 Å². The summed E-state index contributed by atoms with van der Waals surface area (Å²) in [5, 5.41) is 7.45. The van der Waals surface area contributed by atoms with Gasteiger partial charge in [-0.25, -0.2) is 4.79 Å². The number of ether oxygens (including phenoxy) is 1. The molecular formula is C14H20N4O2. The number of benzene rings is 1. The van der Waals surface area contributed by atoms with Crippen molar-refractivity contribution in [1.29, 1.82) is 5.41 Å². The third kappa shape index (κ3) is 3.40. The standard InChI is InChI=1S/C14H20N4O2/c1-11-9-17(7-8-18(11)13(15)16)14(19)20-10-12-5-3-2-4-6-12/h2-6,11H,7-10H2,1H3,(H3,15,16)/t11-/m1/s1. The van der Waals surface area contributed by atoms with Crippen LogP contribution >= 0.6 is 0 Å². The molecule has 0 unspecified atom stereocenters. The van der Waals surface area contributed by atoms with Crippen LogP contribution in [0.4, 0.5) is 4.79 Å². The number of hydrogen-bond acceptors (Lipinski definition) is 3. The lowest BCUT2D eigenvalue weighted by atomic mass is 10.2. The first-order valence-corrected chi connectivity index (χ1v) is 6.64. The van der Waals surface area contributed by atoms with E-state index in [1.54, 1.807) is 9.80 Å². The zero-order chi connectivity index (χ0) is 14.5. The number of nitrogens with one attached hydrogen (secondary N) is 1. The highest BCUT2D eigenvalue weighted by molar-refractivity contribution is 5.75. The van der Waals surface area contributed by atoms with Gasteiger partial charge in [-0.2, -0.15) is 0 Å². The van der Waals surface area contributed by atoms with Crippen molar-refractivity contribution in [1.82, 2.24) is 9.80 Å². The van der Waals surface area contributed by atoms with Gasteiger partial charge in [0.15, 0.2) is 5.96 Å². The summed E-state index contributed by atoms with van der Waals surface area (Å²) in [6.07, 6.45) is -0.316. The molecule has 6 heteroatoms. The molecule has 108 valence electrons. The van der Waals surface area contributed by atoms with E-state index in [0.29, 0.717) is 19.6 Å². The number of hydrogen-bond donors (Lipinski definition) is 2. The van der Waals surface area contributed by atoms with Crippen LogP contribution in [0, 0.1) is 5.41 Å². The topological polar surface area (TPSA) is 82.7 Å². The first-order chi connectivity index (χ1) is 9.58. The Hall–Kier alpha value is -2.24. The minimum Gasteiger partial charge on any atom is -0.445 e. The second kappa shape index (κ2) is 6.27. The molecule has 1 aliphatic rings. The average Bonchev–Trinajstić information content (AvgIpc) is 2.45. The predicted octanol–water partition coefficient (Wildman–Crippen LogP) is 1.22. The Morgan fingerprint density at radius 2 is 2.10 bits per heavy atom. The van der Waals surface area contributed by atoms with E-state index in [2.05, 4.69) is 0 Å². The minimum absolute atomic E-state index is 0.0329. The maximum absolute atomic E-state index is 12.0. The van der Waals surface area contributed by atoms with Gasteiger partial charge in [-0.3, -0.25) is 5.41 Å². The molecular weight excluding hydrogens is 256 g/mol. The van der Waals surface area contributed by atoms with Gasteiger partial charge in [0, 0.05) is 25.7 Å². The van der Waals surface area contributed by atoms with E-state index < -0.39 is 0 Å². The van der Waals surface area contributed by atoms with Crippen molar-refractivity contribution in [2.75, 3.05) is 19.6 Å². The van der Waals surface area contributed by atoms with E-state index in [4.69, 9.17) is 15.9 Å². The van der Waals surface area contributed by atoms with Crippen LogP contribution in [0.2, 0.25) is 0 Å². The van der Waals surface area contributed by atoms with Gasteiger partial charge in [-0.05, 0) is 12.5 Å². The fourth-order valence-electron chi connectivity index (χ4n) is 2.29. The minimum atomic E-state index is -0.316. The van der Waals surface area contributed by atoms with Gasteiger partial charge in [0.1, 0.15) is 6.61 Å². The highest BCUT2D eigenvalue weighted by Gasteiger charge is 2.28. The molecule has 0 radical (unpaired) electrons. The lowest BCUT2D eigenvalue weighted by Gasteiger charge is -2.39. The van der Waals surface area contributed by atoms with E-state index in [-0.39, 0.29) is 24.7 Å². The van der Waals surface area contributed by atoms with Crippen molar-refractivity contribution < 1.29 is 9.53 Å². The molecule has 6 nitrogen and oxygen atoms in total. The number of rotatable bonds is 2. The van der Waals surface area contributed by atoms with Gasteiger partial charge in [-0.1, -0.05) is 30.3 Å². The van der Waals surface area contributed by atoms with Crippen LogP contribution in [0.1, 0.15) is 12.5 Å². The second-order valence-corrected chi connectivity index (χ2v) is 4.91. The summed E-state index contributed by atoms with van der Waals surface area (Å²) < 4.78 is 5.30. The van der Waals surface area contributed by atoms with Crippen LogP contribution in [-0.2, 0) is 11.3 Å². The molecule has 0 aromatic heterocycles. The van der Waals surface area contributed by atoms with Gasteiger partial charge >= 0.3 is 6.09 Å². The van der Waals surface area contributed by atoms with E-state index in [1.807, 2.05) is 37.3 Å². The second-order valence-electron chi connectivity index (χ2n) is 4.91. The summed E-state index contributed by atoms with van der Waals surface area (Å²) in [6, 6.07) is 9.63. The van der Waals surface area contributed by atoms with Gasteiger partial charge in [0.2, 0.25) is 0 Å². The fourth-order valence-corrected chi connectivity index (χ4v) is 2.29. The lowest BCUT2D eigenvalue weighted by molar-refractivity contribution is 0.0702. The highest BCUT2D eigenvalue weighted by Crippen LogP contribution is 2.11. The van der Waals surface area contributed by atoms with E-state index >= 15 is 0 Å². The van der Waals surface area contributed by atoms with Gasteiger partial charge in [0.25, 0.3) is 0 Å². The Bertz CT molecular complexity index is 477. The van der Waals surface area contributed by atoms with Crippen molar-refractivity contribution in [2.45, 2.75) is 19.6 Å². The van der Waals surface area contributed by atoms with Crippen molar-refractivity contribution in [3.63, 3.8) is 0 Å². The number of piperazine rings is 1. The summed E-state index contributed by atoms with van der Waals surface area (Å²) in [4.78, 5) is 15.4. The number of carbonyl (C=O) groups is 1. The molecule has 1 amide bonds. The molecule has 1 atom stereocenters. The molecule has 1 aliphatic heterocycles. The molecule has 2 rings (SSSR count). The summed E-state index contributed by atoms with van der Waals surface area (Å²) in [5.74, 6) is 0.0507. The van der Waals surface area contributed by atoms with Crippen molar-refractivity contribution in [3.8, 4) is 0 Å². The Morgan fingerprint density at radius 3 is 2.70 bits per heavy atom.